The highest BCUT2D eigenvalue weighted by Crippen LogP contribution is 2.33. The van der Waals surface area contributed by atoms with Crippen LogP contribution in [-0.2, 0) is 0 Å². The first-order valence-electron chi connectivity index (χ1n) is 9.25. The van der Waals surface area contributed by atoms with Gasteiger partial charge in [0.1, 0.15) is 5.92 Å². The van der Waals surface area contributed by atoms with Crippen molar-refractivity contribution < 1.29 is 9.59 Å². The zero-order chi connectivity index (χ0) is 17.4. The first-order valence-corrected chi connectivity index (χ1v) is 9.25. The van der Waals surface area contributed by atoms with Gasteiger partial charge in [-0.1, -0.05) is 42.3 Å². The summed E-state index contributed by atoms with van der Waals surface area (Å²) in [6.07, 6.45) is 14.1. The Kier molecular flexibility index (Phi) is 4.24. The molecule has 3 aliphatic rings. The van der Waals surface area contributed by atoms with Crippen LogP contribution in [0.5, 0.6) is 0 Å². The van der Waals surface area contributed by atoms with Crippen LogP contribution >= 0.6 is 0 Å². The summed E-state index contributed by atoms with van der Waals surface area (Å²) in [5.41, 5.74) is 2.78. The fraction of sp³-hybridized carbons (Fsp3) is 0.409. The molecule has 0 saturated heterocycles. The number of nitrogens with zero attached hydrogens (tertiary/aromatic N) is 1. The summed E-state index contributed by atoms with van der Waals surface area (Å²) in [4.78, 5) is 30.5. The van der Waals surface area contributed by atoms with Crippen LogP contribution in [0.2, 0.25) is 0 Å². The number of allylic oxidation sites excluding steroid dienone is 3. The zero-order valence-corrected chi connectivity index (χ0v) is 14.6. The van der Waals surface area contributed by atoms with E-state index in [0.717, 1.165) is 31.2 Å². The molecule has 25 heavy (non-hydrogen) atoms. The van der Waals surface area contributed by atoms with Crippen LogP contribution in [0.4, 0.5) is 0 Å². The lowest BCUT2D eigenvalue weighted by Gasteiger charge is -2.25. The van der Waals surface area contributed by atoms with Gasteiger partial charge < -0.3 is 0 Å². The van der Waals surface area contributed by atoms with Crippen LogP contribution in [0, 0.1) is 18.8 Å². The Hall–Kier alpha value is -2.29. The number of aryl methyl sites for hydroxylation is 1. The van der Waals surface area contributed by atoms with Gasteiger partial charge in [0.05, 0.1) is 11.8 Å². The zero-order valence-electron chi connectivity index (χ0n) is 14.6. The molecular weight excluding hydrogens is 310 g/mol. The van der Waals surface area contributed by atoms with Gasteiger partial charge in [0.25, 0.3) is 0 Å². The van der Waals surface area contributed by atoms with Gasteiger partial charge in [-0.05, 0) is 44.7 Å². The lowest BCUT2D eigenvalue weighted by atomic mass is 9.86. The Labute approximate surface area is 148 Å². The van der Waals surface area contributed by atoms with Crippen molar-refractivity contribution in [3.8, 4) is 0 Å². The second kappa shape index (κ2) is 6.55. The van der Waals surface area contributed by atoms with E-state index < -0.39 is 5.92 Å². The summed E-state index contributed by atoms with van der Waals surface area (Å²) in [5.74, 6) is -0.537. The lowest BCUT2D eigenvalue weighted by Crippen LogP contribution is -2.30. The number of rotatable bonds is 1. The van der Waals surface area contributed by atoms with Crippen molar-refractivity contribution in [1.29, 1.82) is 0 Å². The Morgan fingerprint density at radius 1 is 1.04 bits per heavy atom. The number of aliphatic imine (C=N–C) groups is 1. The molecule has 1 aromatic carbocycles. The first-order chi connectivity index (χ1) is 12.1. The molecule has 1 heterocycles. The van der Waals surface area contributed by atoms with Gasteiger partial charge in [-0.2, -0.15) is 0 Å². The number of carbonyl (C=O) groups excluding carboxylic acids is 2. The van der Waals surface area contributed by atoms with Gasteiger partial charge in [-0.15, -0.1) is 0 Å². The van der Waals surface area contributed by atoms with Crippen molar-refractivity contribution >= 4 is 17.3 Å². The van der Waals surface area contributed by atoms with Crippen LogP contribution in [0.1, 0.15) is 58.4 Å². The Balaban J connectivity index is 1.64. The second-order valence-corrected chi connectivity index (χ2v) is 7.35. The molecule has 2 aliphatic carbocycles. The van der Waals surface area contributed by atoms with Crippen molar-refractivity contribution in [2.75, 3.05) is 0 Å². The van der Waals surface area contributed by atoms with E-state index in [1.807, 2.05) is 25.1 Å². The summed E-state index contributed by atoms with van der Waals surface area (Å²) >= 11 is 0. The average Bonchev–Trinajstić information content (AvgIpc) is 2.91. The Morgan fingerprint density at radius 2 is 1.88 bits per heavy atom. The van der Waals surface area contributed by atoms with Crippen LogP contribution in [-0.4, -0.2) is 23.3 Å². The molecule has 1 aliphatic heterocycles. The van der Waals surface area contributed by atoms with Gasteiger partial charge in [0.2, 0.25) is 0 Å². The highest BCUT2D eigenvalue weighted by atomic mass is 16.2. The van der Waals surface area contributed by atoms with Crippen molar-refractivity contribution in [1.82, 2.24) is 0 Å². The van der Waals surface area contributed by atoms with E-state index in [1.165, 1.54) is 6.42 Å². The van der Waals surface area contributed by atoms with Crippen LogP contribution in [0.3, 0.4) is 0 Å². The fourth-order valence-electron chi connectivity index (χ4n) is 4.13. The van der Waals surface area contributed by atoms with Gasteiger partial charge in [-0.25, -0.2) is 0 Å². The maximum Gasteiger partial charge on any atom is 0.180 e. The minimum absolute atomic E-state index is 0.0893. The van der Waals surface area contributed by atoms with Crippen molar-refractivity contribution in [3.05, 3.63) is 59.2 Å². The number of hydrogen-bond acceptors (Lipinski definition) is 3. The van der Waals surface area contributed by atoms with Gasteiger partial charge in [0.15, 0.2) is 11.6 Å². The van der Waals surface area contributed by atoms with E-state index in [0.29, 0.717) is 22.8 Å². The quantitative estimate of drug-likeness (QED) is 0.561. The molecular formula is C22H23NO2. The number of fused-ring (bicyclic) bond motifs is 2. The SMILES string of the molecule is Cc1ccc2c(c1)C(=O)C(C1=NC3CCCC/C=C\CC3C=C1)C2=O. The molecule has 1 aromatic rings. The third-order valence-corrected chi connectivity index (χ3v) is 5.55. The van der Waals surface area contributed by atoms with Crippen LogP contribution in [0.15, 0.2) is 47.5 Å². The summed E-state index contributed by atoms with van der Waals surface area (Å²) in [6, 6.07) is 5.70. The molecule has 0 saturated carbocycles. The number of ketones is 2. The molecule has 0 spiro atoms. The van der Waals surface area contributed by atoms with Crippen molar-refractivity contribution in [3.63, 3.8) is 0 Å². The number of Topliss-reactive ketones (excluding diaryl/α,β-unsaturated/α-hetero) is 2. The number of hydrogen-bond donors (Lipinski definition) is 0. The summed E-state index contributed by atoms with van der Waals surface area (Å²) in [5, 5.41) is 0. The van der Waals surface area contributed by atoms with E-state index in [4.69, 9.17) is 4.99 Å². The largest absolute Gasteiger partial charge is 0.293 e. The normalized spacial score (nSPS) is 30.0. The van der Waals surface area contributed by atoms with Crippen molar-refractivity contribution in [2.45, 2.75) is 45.1 Å². The van der Waals surface area contributed by atoms with E-state index in [1.54, 1.807) is 6.07 Å². The topological polar surface area (TPSA) is 46.5 Å². The Morgan fingerprint density at radius 3 is 2.76 bits per heavy atom. The molecule has 3 nitrogen and oxygen atoms in total. The molecule has 0 radical (unpaired) electrons. The smallest absolute Gasteiger partial charge is 0.180 e. The van der Waals surface area contributed by atoms with Gasteiger partial charge in [-0.3, -0.25) is 14.6 Å². The molecule has 128 valence electrons. The van der Waals surface area contributed by atoms with E-state index in [2.05, 4.69) is 18.2 Å². The standard InChI is InChI=1S/C22H23NO2/c1-14-9-11-16-17(13-14)22(25)20(21(16)24)19-12-10-15-7-5-3-2-4-6-8-18(15)23-19/h3,5,9-13,15,18,20H,2,4,6-8H2,1H3/b5-3-. The average molecular weight is 333 g/mol. The van der Waals surface area contributed by atoms with Gasteiger partial charge >= 0.3 is 0 Å². The molecule has 0 amide bonds. The molecule has 3 atom stereocenters. The highest BCUT2D eigenvalue weighted by molar-refractivity contribution is 6.38. The third kappa shape index (κ3) is 2.92. The molecule has 0 aromatic heterocycles. The second-order valence-electron chi connectivity index (χ2n) is 7.35. The summed E-state index contributed by atoms with van der Waals surface area (Å²) < 4.78 is 0. The summed E-state index contributed by atoms with van der Waals surface area (Å²) in [7, 11) is 0. The fourth-order valence-corrected chi connectivity index (χ4v) is 4.13. The van der Waals surface area contributed by atoms with Crippen LogP contribution in [0.25, 0.3) is 0 Å². The molecule has 0 bridgehead atoms. The molecule has 3 heteroatoms. The summed E-state index contributed by atoms with van der Waals surface area (Å²) in [6.45, 7) is 1.94. The van der Waals surface area contributed by atoms with E-state index >= 15 is 0 Å². The minimum Gasteiger partial charge on any atom is -0.293 e. The molecule has 0 N–H and O–H groups in total. The van der Waals surface area contributed by atoms with E-state index in [-0.39, 0.29) is 17.6 Å². The first kappa shape index (κ1) is 16.2. The number of carbonyl (C=O) groups is 2. The number of dihydropyridines is 1. The molecule has 3 unspecified atom stereocenters. The third-order valence-electron chi connectivity index (χ3n) is 5.55. The molecule has 0 fully saturated rings. The minimum atomic E-state index is -0.739. The predicted molar refractivity (Wildman–Crippen MR) is 99.4 cm³/mol. The maximum absolute atomic E-state index is 12.8. The predicted octanol–water partition coefficient (Wildman–Crippen LogP) is 4.51. The maximum atomic E-state index is 12.8. The van der Waals surface area contributed by atoms with Crippen molar-refractivity contribution in [2.24, 2.45) is 16.8 Å². The van der Waals surface area contributed by atoms with Gasteiger partial charge in [0, 0.05) is 17.0 Å². The number of benzene rings is 1. The Bertz CT molecular complexity index is 815. The monoisotopic (exact) mass is 333 g/mol. The molecule has 4 rings (SSSR count). The van der Waals surface area contributed by atoms with Crippen LogP contribution < -0.4 is 0 Å². The lowest BCUT2D eigenvalue weighted by molar-refractivity contribution is 0.0883. The highest BCUT2D eigenvalue weighted by Gasteiger charge is 2.42. The van der Waals surface area contributed by atoms with E-state index in [9.17, 15) is 9.59 Å².